The topological polar surface area (TPSA) is 61.4 Å². The third kappa shape index (κ3) is 5.09. The van der Waals surface area contributed by atoms with Crippen LogP contribution < -0.4 is 10.6 Å². The molecule has 1 aliphatic rings. The highest BCUT2D eigenvalue weighted by Gasteiger charge is 2.42. The number of carbonyl (C=O) groups is 1. The molecule has 0 spiro atoms. The smallest absolute Gasteiger partial charge is 0.391 e. The molecular formula is C16H20F4N2O2. The van der Waals surface area contributed by atoms with Crippen LogP contribution in [0.2, 0.25) is 0 Å². The summed E-state index contributed by atoms with van der Waals surface area (Å²) in [6, 6.07) is 2.36. The summed E-state index contributed by atoms with van der Waals surface area (Å²) in [4.78, 5) is 12.1. The number of urea groups is 1. The standard InChI is InChI=1S/C16H20F4N2O2/c1-15(9-23,11-4-5-11)22-14(24)21-13(8-16(18,19)20)10-2-6-12(17)7-3-10/h2-3,6-7,11,13,23H,4-5,8-9H2,1H3,(H2,21,22,24). The minimum absolute atomic E-state index is 0.111. The van der Waals surface area contributed by atoms with Crippen molar-refractivity contribution in [1.82, 2.24) is 10.6 Å². The molecule has 0 radical (unpaired) electrons. The number of hydrogen-bond acceptors (Lipinski definition) is 2. The van der Waals surface area contributed by atoms with E-state index in [4.69, 9.17) is 0 Å². The quantitative estimate of drug-likeness (QED) is 0.691. The monoisotopic (exact) mass is 348 g/mol. The lowest BCUT2D eigenvalue weighted by Crippen LogP contribution is -2.54. The fourth-order valence-corrected chi connectivity index (χ4v) is 2.62. The highest BCUT2D eigenvalue weighted by atomic mass is 19.4. The number of hydrogen-bond donors (Lipinski definition) is 3. The minimum Gasteiger partial charge on any atom is -0.394 e. The molecule has 2 unspecified atom stereocenters. The number of aliphatic hydroxyl groups excluding tert-OH is 1. The zero-order valence-electron chi connectivity index (χ0n) is 13.2. The van der Waals surface area contributed by atoms with Gasteiger partial charge in [-0.05, 0) is 43.4 Å². The number of halogens is 4. The van der Waals surface area contributed by atoms with Gasteiger partial charge in [0.15, 0.2) is 0 Å². The summed E-state index contributed by atoms with van der Waals surface area (Å²) in [5.74, 6) is -0.462. The second-order valence-electron chi connectivity index (χ2n) is 6.37. The van der Waals surface area contributed by atoms with Crippen LogP contribution in [-0.2, 0) is 0 Å². The summed E-state index contributed by atoms with van der Waals surface area (Å²) >= 11 is 0. The molecule has 2 rings (SSSR count). The van der Waals surface area contributed by atoms with E-state index >= 15 is 0 Å². The number of rotatable bonds is 6. The van der Waals surface area contributed by atoms with E-state index in [-0.39, 0.29) is 18.1 Å². The summed E-state index contributed by atoms with van der Waals surface area (Å²) in [5, 5.41) is 14.3. The van der Waals surface area contributed by atoms with Gasteiger partial charge in [-0.2, -0.15) is 13.2 Å². The lowest BCUT2D eigenvalue weighted by atomic mass is 9.97. The molecule has 0 aromatic heterocycles. The number of aliphatic hydroxyl groups is 1. The van der Waals surface area contributed by atoms with Crippen molar-refractivity contribution in [3.63, 3.8) is 0 Å². The van der Waals surface area contributed by atoms with Crippen LogP contribution in [0.15, 0.2) is 24.3 Å². The summed E-state index contributed by atoms with van der Waals surface area (Å²) in [6.07, 6.45) is -4.07. The fraction of sp³-hybridized carbons (Fsp3) is 0.562. The molecule has 0 heterocycles. The molecule has 0 bridgehead atoms. The van der Waals surface area contributed by atoms with Crippen LogP contribution >= 0.6 is 0 Å². The van der Waals surface area contributed by atoms with Crippen molar-refractivity contribution in [3.8, 4) is 0 Å². The normalized spacial score (nSPS) is 18.6. The first-order chi connectivity index (χ1) is 11.1. The van der Waals surface area contributed by atoms with Gasteiger partial charge >= 0.3 is 12.2 Å². The third-order valence-electron chi connectivity index (χ3n) is 4.22. The summed E-state index contributed by atoms with van der Waals surface area (Å²) in [6.45, 7) is 1.35. The lowest BCUT2D eigenvalue weighted by molar-refractivity contribution is -0.139. The van der Waals surface area contributed by atoms with Gasteiger partial charge in [0, 0.05) is 0 Å². The Morgan fingerprint density at radius 2 is 1.88 bits per heavy atom. The molecule has 2 amide bonds. The molecule has 0 saturated heterocycles. The van der Waals surface area contributed by atoms with Crippen LogP contribution in [0, 0.1) is 11.7 Å². The number of nitrogens with one attached hydrogen (secondary N) is 2. The summed E-state index contributed by atoms with van der Waals surface area (Å²) < 4.78 is 51.3. The predicted octanol–water partition coefficient (Wildman–Crippen LogP) is 3.28. The van der Waals surface area contributed by atoms with Crippen molar-refractivity contribution in [3.05, 3.63) is 35.6 Å². The highest BCUT2D eigenvalue weighted by molar-refractivity contribution is 5.75. The van der Waals surface area contributed by atoms with Gasteiger partial charge in [-0.15, -0.1) is 0 Å². The predicted molar refractivity (Wildman–Crippen MR) is 79.7 cm³/mol. The van der Waals surface area contributed by atoms with Gasteiger partial charge in [-0.3, -0.25) is 0 Å². The third-order valence-corrected chi connectivity index (χ3v) is 4.22. The van der Waals surface area contributed by atoms with E-state index in [0.29, 0.717) is 0 Å². The molecule has 1 aromatic rings. The second kappa shape index (κ2) is 6.96. The SMILES string of the molecule is CC(CO)(NC(=O)NC(CC(F)(F)F)c1ccc(F)cc1)C1CC1. The molecular weight excluding hydrogens is 328 g/mol. The van der Waals surface area contributed by atoms with Crippen molar-refractivity contribution in [1.29, 1.82) is 0 Å². The van der Waals surface area contributed by atoms with Crippen LogP contribution in [0.25, 0.3) is 0 Å². The van der Waals surface area contributed by atoms with Gasteiger partial charge in [0.05, 0.1) is 24.6 Å². The van der Waals surface area contributed by atoms with Crippen molar-refractivity contribution < 1.29 is 27.5 Å². The van der Waals surface area contributed by atoms with E-state index in [1.165, 1.54) is 12.1 Å². The number of benzene rings is 1. The Labute approximate surface area is 137 Å². The summed E-state index contributed by atoms with van der Waals surface area (Å²) in [7, 11) is 0. The molecule has 1 aromatic carbocycles. The highest BCUT2D eigenvalue weighted by Crippen LogP contribution is 2.39. The molecule has 1 saturated carbocycles. The maximum atomic E-state index is 13.0. The van der Waals surface area contributed by atoms with Crippen molar-refractivity contribution in [2.45, 2.75) is 43.9 Å². The first kappa shape index (κ1) is 18.5. The number of alkyl halides is 3. The van der Waals surface area contributed by atoms with Gasteiger partial charge < -0.3 is 15.7 Å². The zero-order chi connectivity index (χ0) is 18.0. The fourth-order valence-electron chi connectivity index (χ4n) is 2.62. The molecule has 1 aliphatic carbocycles. The van der Waals surface area contributed by atoms with Crippen molar-refractivity contribution in [2.75, 3.05) is 6.61 Å². The van der Waals surface area contributed by atoms with E-state index < -0.39 is 36.0 Å². The van der Waals surface area contributed by atoms with Crippen LogP contribution in [-0.4, -0.2) is 29.5 Å². The molecule has 4 nitrogen and oxygen atoms in total. The first-order valence-electron chi connectivity index (χ1n) is 7.65. The number of carbonyl (C=O) groups excluding carboxylic acids is 1. The first-order valence-corrected chi connectivity index (χ1v) is 7.65. The van der Waals surface area contributed by atoms with Gasteiger partial charge in [-0.25, -0.2) is 9.18 Å². The van der Waals surface area contributed by atoms with Crippen LogP contribution in [0.4, 0.5) is 22.4 Å². The van der Waals surface area contributed by atoms with Gasteiger partial charge in [0.25, 0.3) is 0 Å². The zero-order valence-corrected chi connectivity index (χ0v) is 13.2. The Morgan fingerprint density at radius 1 is 1.29 bits per heavy atom. The van der Waals surface area contributed by atoms with Crippen LogP contribution in [0.1, 0.15) is 37.8 Å². The lowest BCUT2D eigenvalue weighted by Gasteiger charge is -2.30. The molecule has 0 aliphatic heterocycles. The van der Waals surface area contributed by atoms with Crippen molar-refractivity contribution in [2.24, 2.45) is 5.92 Å². The Morgan fingerprint density at radius 3 is 2.33 bits per heavy atom. The van der Waals surface area contributed by atoms with E-state index in [1.54, 1.807) is 6.92 Å². The molecule has 24 heavy (non-hydrogen) atoms. The second-order valence-corrected chi connectivity index (χ2v) is 6.37. The van der Waals surface area contributed by atoms with Crippen LogP contribution in [0.5, 0.6) is 0 Å². The Bertz CT molecular complexity index is 572. The molecule has 8 heteroatoms. The van der Waals surface area contributed by atoms with Crippen LogP contribution in [0.3, 0.4) is 0 Å². The Kier molecular flexibility index (Phi) is 5.37. The summed E-state index contributed by atoms with van der Waals surface area (Å²) in [5.41, 5.74) is -0.712. The van der Waals surface area contributed by atoms with Gasteiger partial charge in [0.1, 0.15) is 5.82 Å². The molecule has 3 N–H and O–H groups in total. The van der Waals surface area contributed by atoms with Crippen molar-refractivity contribution >= 4 is 6.03 Å². The largest absolute Gasteiger partial charge is 0.394 e. The Hall–Kier alpha value is -1.83. The van der Waals surface area contributed by atoms with E-state index in [9.17, 15) is 27.5 Å². The molecule has 134 valence electrons. The molecule has 1 fully saturated rings. The average Bonchev–Trinajstić information content (AvgIpc) is 3.30. The van der Waals surface area contributed by atoms with E-state index in [1.807, 2.05) is 0 Å². The minimum atomic E-state index is -4.50. The maximum absolute atomic E-state index is 13.0. The average molecular weight is 348 g/mol. The Balaban J connectivity index is 2.09. The maximum Gasteiger partial charge on any atom is 0.391 e. The molecule has 2 atom stereocenters. The van der Waals surface area contributed by atoms with Gasteiger partial charge in [0.2, 0.25) is 0 Å². The van der Waals surface area contributed by atoms with E-state index in [0.717, 1.165) is 25.0 Å². The van der Waals surface area contributed by atoms with Gasteiger partial charge in [-0.1, -0.05) is 12.1 Å². The number of amides is 2. The van der Waals surface area contributed by atoms with E-state index in [2.05, 4.69) is 10.6 Å².